The van der Waals surface area contributed by atoms with Crippen molar-refractivity contribution in [2.75, 3.05) is 0 Å². The second kappa shape index (κ2) is 17.0. The van der Waals surface area contributed by atoms with Crippen LogP contribution in [0.3, 0.4) is 0 Å². The van der Waals surface area contributed by atoms with Gasteiger partial charge in [0.25, 0.3) is 0 Å². The highest BCUT2D eigenvalue weighted by Gasteiger charge is 2.24. The number of rotatable bonds is 7. The summed E-state index contributed by atoms with van der Waals surface area (Å²) in [4.78, 5) is 16.0. The van der Waals surface area contributed by atoms with Crippen molar-refractivity contribution >= 4 is 107 Å². The zero-order chi connectivity index (χ0) is 49.8. The fraction of sp³-hybridized carbons (Fsp3) is 0. The molecule has 5 nitrogen and oxygen atoms in total. The van der Waals surface area contributed by atoms with E-state index in [4.69, 9.17) is 15.0 Å². The molecule has 354 valence electrons. The molecule has 0 aliphatic heterocycles. The Morgan fingerprint density at radius 2 is 0.697 bits per heavy atom. The number of para-hydroxylation sites is 4. The highest BCUT2D eigenvalue weighted by Crippen LogP contribution is 2.50. The first-order valence-electron chi connectivity index (χ1n) is 25.6. The van der Waals surface area contributed by atoms with Gasteiger partial charge in [0.05, 0.1) is 22.1 Å². The van der Waals surface area contributed by atoms with Crippen LogP contribution in [0.25, 0.3) is 152 Å². The van der Waals surface area contributed by atoms with E-state index in [0.29, 0.717) is 17.5 Å². The second-order valence-corrected chi connectivity index (χ2v) is 21.5. The van der Waals surface area contributed by atoms with Crippen LogP contribution in [-0.2, 0) is 0 Å². The van der Waals surface area contributed by atoms with E-state index in [1.807, 2.05) is 59.1 Å². The SMILES string of the molecule is c1ccc(-c2nc(-c3ccccc3)nc(-c3cc(-c4cccc5c4sc4ccc6c(c7ccccc7n6-c6ccccc6)c45)ccc3-c3cccc4c3sc3ccc5c(c6ccccc6n5-c5ccccc5)c34)n2)cc1. The Bertz CT molecular complexity index is 4920. The summed E-state index contributed by atoms with van der Waals surface area (Å²) in [5, 5.41) is 10.1. The van der Waals surface area contributed by atoms with Gasteiger partial charge in [-0.2, -0.15) is 0 Å². The van der Waals surface area contributed by atoms with Crippen LogP contribution in [0.5, 0.6) is 0 Å². The van der Waals surface area contributed by atoms with Crippen molar-refractivity contribution in [3.8, 4) is 67.8 Å². The van der Waals surface area contributed by atoms with Gasteiger partial charge in [0.1, 0.15) is 0 Å². The standard InChI is InChI=1S/C69H41N5S2/c1-5-19-42(20-6-1)67-70-68(43-21-7-2-8-22-43)72-69(71-67)54-41-44(47-29-17-31-52-63-59(75-65(47)52)39-37-57-61(63)50-27-13-15-33-55(50)73(57)45-23-9-3-10-24-45)35-36-48(54)49-30-18-32-53-64-60(76-66(49)53)40-38-58-62(64)51-28-14-16-34-56(51)74(58)46-25-11-4-12-26-46/h1-41H. The third-order valence-electron chi connectivity index (χ3n) is 15.2. The molecule has 0 atom stereocenters. The van der Waals surface area contributed by atoms with E-state index in [9.17, 15) is 0 Å². The van der Waals surface area contributed by atoms with E-state index in [-0.39, 0.29) is 0 Å². The topological polar surface area (TPSA) is 48.5 Å². The zero-order valence-electron chi connectivity index (χ0n) is 40.7. The minimum atomic E-state index is 0.620. The molecule has 16 aromatic rings. The van der Waals surface area contributed by atoms with Crippen LogP contribution in [0.4, 0.5) is 0 Å². The van der Waals surface area contributed by atoms with Crippen molar-refractivity contribution in [2.45, 2.75) is 0 Å². The molecule has 0 spiro atoms. The fourth-order valence-corrected chi connectivity index (χ4v) is 14.4. The van der Waals surface area contributed by atoms with E-state index in [2.05, 4.69) is 221 Å². The van der Waals surface area contributed by atoms with Crippen LogP contribution in [0.2, 0.25) is 0 Å². The summed E-state index contributed by atoms with van der Waals surface area (Å²) in [5.41, 5.74) is 14.4. The van der Waals surface area contributed by atoms with Crippen molar-refractivity contribution in [1.29, 1.82) is 0 Å². The molecule has 5 heterocycles. The van der Waals surface area contributed by atoms with Crippen molar-refractivity contribution in [3.05, 3.63) is 249 Å². The van der Waals surface area contributed by atoms with Crippen molar-refractivity contribution < 1.29 is 0 Å². The van der Waals surface area contributed by atoms with Crippen LogP contribution in [0.15, 0.2) is 249 Å². The Hall–Kier alpha value is -9.53. The quantitative estimate of drug-likeness (QED) is 0.160. The summed E-state index contributed by atoms with van der Waals surface area (Å²) in [6.07, 6.45) is 0. The molecule has 7 heteroatoms. The largest absolute Gasteiger partial charge is 0.309 e. The molecular weight excluding hydrogens is 963 g/mol. The average Bonchev–Trinajstić information content (AvgIpc) is 4.32. The molecule has 0 bridgehead atoms. The molecule has 11 aromatic carbocycles. The molecule has 0 amide bonds. The number of hydrogen-bond acceptors (Lipinski definition) is 5. The first kappa shape index (κ1) is 42.9. The third kappa shape index (κ3) is 6.53. The molecule has 0 aliphatic carbocycles. The molecule has 0 saturated heterocycles. The molecule has 76 heavy (non-hydrogen) atoms. The summed E-state index contributed by atoms with van der Waals surface area (Å²) in [7, 11) is 0. The van der Waals surface area contributed by atoms with Gasteiger partial charge in [-0.25, -0.2) is 15.0 Å². The van der Waals surface area contributed by atoms with Gasteiger partial charge in [-0.3, -0.25) is 0 Å². The molecule has 0 radical (unpaired) electrons. The van der Waals surface area contributed by atoms with Crippen LogP contribution in [0.1, 0.15) is 0 Å². The Balaban J connectivity index is 0.957. The van der Waals surface area contributed by atoms with Crippen molar-refractivity contribution in [3.63, 3.8) is 0 Å². The Labute approximate surface area is 444 Å². The van der Waals surface area contributed by atoms with Crippen LogP contribution >= 0.6 is 22.7 Å². The van der Waals surface area contributed by atoms with Gasteiger partial charge >= 0.3 is 0 Å². The number of hydrogen-bond donors (Lipinski definition) is 0. The lowest BCUT2D eigenvalue weighted by Gasteiger charge is -2.15. The van der Waals surface area contributed by atoms with E-state index in [1.54, 1.807) is 0 Å². The van der Waals surface area contributed by atoms with E-state index < -0.39 is 0 Å². The summed E-state index contributed by atoms with van der Waals surface area (Å²) in [6.45, 7) is 0. The second-order valence-electron chi connectivity index (χ2n) is 19.4. The zero-order valence-corrected chi connectivity index (χ0v) is 42.4. The maximum atomic E-state index is 5.42. The van der Waals surface area contributed by atoms with Gasteiger partial charge in [0.15, 0.2) is 17.5 Å². The number of aromatic nitrogens is 5. The number of nitrogens with zero attached hydrogens (tertiary/aromatic N) is 5. The third-order valence-corrected chi connectivity index (χ3v) is 17.6. The summed E-state index contributed by atoms with van der Waals surface area (Å²) in [5.74, 6) is 1.88. The number of fused-ring (bicyclic) bond motifs is 14. The van der Waals surface area contributed by atoms with Crippen LogP contribution in [-0.4, -0.2) is 24.1 Å². The lowest BCUT2D eigenvalue weighted by Crippen LogP contribution is -2.01. The molecule has 0 N–H and O–H groups in total. The molecule has 0 aliphatic rings. The Kier molecular flexibility index (Phi) is 9.61. The van der Waals surface area contributed by atoms with E-state index >= 15 is 0 Å². The minimum Gasteiger partial charge on any atom is -0.309 e. The maximum Gasteiger partial charge on any atom is 0.164 e. The van der Waals surface area contributed by atoms with Gasteiger partial charge in [-0.1, -0.05) is 182 Å². The Morgan fingerprint density at radius 1 is 0.263 bits per heavy atom. The molecule has 0 saturated carbocycles. The van der Waals surface area contributed by atoms with Crippen LogP contribution < -0.4 is 0 Å². The molecular formula is C69H41N5S2. The van der Waals surface area contributed by atoms with Gasteiger partial charge in [0, 0.05) is 95.5 Å². The van der Waals surface area contributed by atoms with Crippen LogP contribution in [0, 0.1) is 0 Å². The number of benzene rings is 11. The molecule has 16 rings (SSSR count). The first-order valence-corrected chi connectivity index (χ1v) is 27.2. The monoisotopic (exact) mass is 1000 g/mol. The summed E-state index contributed by atoms with van der Waals surface area (Å²) in [6, 6.07) is 89.5. The van der Waals surface area contributed by atoms with E-state index in [1.165, 1.54) is 89.5 Å². The van der Waals surface area contributed by atoms with Gasteiger partial charge < -0.3 is 9.13 Å². The highest BCUT2D eigenvalue weighted by molar-refractivity contribution is 7.27. The van der Waals surface area contributed by atoms with Gasteiger partial charge in [0.2, 0.25) is 0 Å². The van der Waals surface area contributed by atoms with Crippen molar-refractivity contribution in [2.24, 2.45) is 0 Å². The normalized spacial score (nSPS) is 11.9. The maximum absolute atomic E-state index is 5.42. The highest BCUT2D eigenvalue weighted by atomic mass is 32.1. The van der Waals surface area contributed by atoms with Crippen molar-refractivity contribution in [1.82, 2.24) is 24.1 Å². The predicted molar refractivity (Wildman–Crippen MR) is 321 cm³/mol. The predicted octanol–water partition coefficient (Wildman–Crippen LogP) is 19.1. The summed E-state index contributed by atoms with van der Waals surface area (Å²) >= 11 is 3.73. The molecule has 5 aromatic heterocycles. The van der Waals surface area contributed by atoms with E-state index in [0.717, 1.165) is 44.8 Å². The lowest BCUT2D eigenvalue weighted by atomic mass is 9.92. The lowest BCUT2D eigenvalue weighted by molar-refractivity contribution is 1.07. The number of thiophene rings is 2. The van der Waals surface area contributed by atoms with Gasteiger partial charge in [-0.05, 0) is 83.4 Å². The summed E-state index contributed by atoms with van der Waals surface area (Å²) < 4.78 is 9.80. The minimum absolute atomic E-state index is 0.620. The first-order chi connectivity index (χ1) is 37.7. The average molecular weight is 1000 g/mol. The molecule has 0 fully saturated rings. The molecule has 0 unspecified atom stereocenters. The smallest absolute Gasteiger partial charge is 0.164 e. The fourth-order valence-electron chi connectivity index (χ4n) is 11.9. The van der Waals surface area contributed by atoms with Gasteiger partial charge in [-0.15, -0.1) is 22.7 Å². The Morgan fingerprint density at radius 3 is 1.22 bits per heavy atom.